The molecule has 1 saturated heterocycles. The van der Waals surface area contributed by atoms with Crippen molar-refractivity contribution in [1.82, 2.24) is 9.62 Å². The Balaban J connectivity index is 1.30. The fourth-order valence-corrected chi connectivity index (χ4v) is 6.95. The molecule has 2 aliphatic carbocycles. The molecule has 8 heteroatoms. The second kappa shape index (κ2) is 9.53. The third-order valence-corrected chi connectivity index (χ3v) is 9.54. The van der Waals surface area contributed by atoms with Gasteiger partial charge in [-0.15, -0.1) is 0 Å². The number of hydrogen-bond donors (Lipinski definition) is 1. The van der Waals surface area contributed by atoms with E-state index in [4.69, 9.17) is 16.3 Å². The van der Waals surface area contributed by atoms with Crippen LogP contribution in [0.2, 0.25) is 5.02 Å². The van der Waals surface area contributed by atoms with Gasteiger partial charge in [0.2, 0.25) is 10.0 Å². The van der Waals surface area contributed by atoms with Crippen LogP contribution in [-0.2, 0) is 22.9 Å². The molecule has 0 aromatic heterocycles. The fraction of sp³-hybridized carbons (Fsp3) is 0.520. The molecule has 0 radical (unpaired) electrons. The van der Waals surface area contributed by atoms with Crippen LogP contribution in [-0.4, -0.2) is 50.9 Å². The Morgan fingerprint density at radius 1 is 1.15 bits per heavy atom. The number of ether oxygens (including phenoxy) is 1. The van der Waals surface area contributed by atoms with Crippen LogP contribution in [0.5, 0.6) is 5.75 Å². The van der Waals surface area contributed by atoms with Gasteiger partial charge in [-0.1, -0.05) is 30.2 Å². The lowest BCUT2D eigenvalue weighted by Crippen LogP contribution is -2.47. The van der Waals surface area contributed by atoms with Gasteiger partial charge in [0.1, 0.15) is 6.61 Å². The van der Waals surface area contributed by atoms with E-state index in [0.29, 0.717) is 18.9 Å². The van der Waals surface area contributed by atoms with Crippen LogP contribution in [0.3, 0.4) is 0 Å². The lowest BCUT2D eigenvalue weighted by atomic mass is 9.89. The van der Waals surface area contributed by atoms with Crippen molar-refractivity contribution in [3.63, 3.8) is 0 Å². The Labute approximate surface area is 200 Å². The Morgan fingerprint density at radius 3 is 2.64 bits per heavy atom. The minimum absolute atomic E-state index is 0.0934. The first-order chi connectivity index (χ1) is 15.9. The van der Waals surface area contributed by atoms with Crippen molar-refractivity contribution in [2.24, 2.45) is 0 Å². The van der Waals surface area contributed by atoms with Crippen LogP contribution in [0.15, 0.2) is 36.4 Å². The predicted octanol–water partition coefficient (Wildman–Crippen LogP) is 4.29. The van der Waals surface area contributed by atoms with Gasteiger partial charge in [0.15, 0.2) is 11.6 Å². The smallest absolute Gasteiger partial charge is 0.214 e. The molecule has 2 atom stereocenters. The third-order valence-electron chi connectivity index (χ3n) is 7.34. The quantitative estimate of drug-likeness (QED) is 0.531. The van der Waals surface area contributed by atoms with Crippen LogP contribution in [0.4, 0.5) is 4.39 Å². The van der Waals surface area contributed by atoms with E-state index in [2.05, 4.69) is 15.7 Å². The van der Waals surface area contributed by atoms with Gasteiger partial charge in [0.25, 0.3) is 0 Å². The summed E-state index contributed by atoms with van der Waals surface area (Å²) < 4.78 is 47.5. The number of nitrogens with one attached hydrogen (secondary N) is 1. The molecule has 3 aliphatic rings. The van der Waals surface area contributed by atoms with Crippen molar-refractivity contribution in [3.05, 3.63) is 63.9 Å². The molecule has 1 N–H and O–H groups in total. The summed E-state index contributed by atoms with van der Waals surface area (Å²) in [4.78, 5) is 2.49. The summed E-state index contributed by atoms with van der Waals surface area (Å²) in [7, 11) is -3.30. The topological polar surface area (TPSA) is 58.6 Å². The van der Waals surface area contributed by atoms with E-state index in [9.17, 15) is 12.8 Å². The minimum atomic E-state index is -3.30. The maximum Gasteiger partial charge on any atom is 0.214 e. The average molecular weight is 493 g/mol. The maximum absolute atomic E-state index is 14.8. The summed E-state index contributed by atoms with van der Waals surface area (Å²) in [6.07, 6.45) is 5.25. The number of halogens is 2. The lowest BCUT2D eigenvalue weighted by molar-refractivity contribution is 0.106. The standard InChI is InChI=1S/C25H30ClFN2O3S/c26-19-5-1-4-17(12-19)13-22-21-16-25(32-11-8-28-33(30,31)20-6-2-7-20)23(27)14-18(21)15-24(22)29-9-3-10-29/h1,4-5,12,14,16,20,22,24,28H,2-3,6-11,13,15H2. The highest BCUT2D eigenvalue weighted by Gasteiger charge is 2.39. The highest BCUT2D eigenvalue weighted by molar-refractivity contribution is 7.90. The molecule has 178 valence electrons. The molecule has 2 fully saturated rings. The van der Waals surface area contributed by atoms with Crippen LogP contribution in [0, 0.1) is 5.82 Å². The minimum Gasteiger partial charge on any atom is -0.489 e. The van der Waals surface area contributed by atoms with Gasteiger partial charge in [0, 0.05) is 23.5 Å². The van der Waals surface area contributed by atoms with Gasteiger partial charge >= 0.3 is 0 Å². The predicted molar refractivity (Wildman–Crippen MR) is 128 cm³/mol. The van der Waals surface area contributed by atoms with Gasteiger partial charge in [-0.05, 0) is 86.1 Å². The Kier molecular flexibility index (Phi) is 6.67. The van der Waals surface area contributed by atoms with Gasteiger partial charge in [0.05, 0.1) is 5.25 Å². The van der Waals surface area contributed by atoms with E-state index in [0.717, 1.165) is 48.5 Å². The summed E-state index contributed by atoms with van der Waals surface area (Å²) in [6.45, 7) is 2.39. The number of sulfonamides is 1. The first-order valence-corrected chi connectivity index (χ1v) is 13.8. The van der Waals surface area contributed by atoms with E-state index in [1.54, 1.807) is 6.07 Å². The second-order valence-corrected chi connectivity index (χ2v) is 11.9. The van der Waals surface area contributed by atoms with Crippen molar-refractivity contribution >= 4 is 21.6 Å². The molecule has 2 aromatic carbocycles. The molecule has 0 amide bonds. The molecule has 33 heavy (non-hydrogen) atoms. The van der Waals surface area contributed by atoms with Crippen LogP contribution in [0.1, 0.15) is 48.3 Å². The summed E-state index contributed by atoms with van der Waals surface area (Å²) in [5.74, 6) is 0.0390. The molecular formula is C25H30ClFN2O3S. The van der Waals surface area contributed by atoms with Crippen LogP contribution in [0.25, 0.3) is 0 Å². The Hall–Kier alpha value is -1.67. The largest absolute Gasteiger partial charge is 0.489 e. The molecule has 2 aromatic rings. The molecule has 5 rings (SSSR count). The Morgan fingerprint density at radius 2 is 1.97 bits per heavy atom. The first kappa shape index (κ1) is 23.1. The van der Waals surface area contributed by atoms with Crippen molar-refractivity contribution in [2.45, 2.75) is 55.7 Å². The van der Waals surface area contributed by atoms with E-state index < -0.39 is 10.0 Å². The van der Waals surface area contributed by atoms with Gasteiger partial charge in [-0.3, -0.25) is 4.90 Å². The number of rotatable bonds is 9. The SMILES string of the molecule is O=S(=O)(NCCOc1cc2c(cc1F)CC(N1CCC1)C2Cc1cccc(Cl)c1)C1CCC1. The highest BCUT2D eigenvalue weighted by atomic mass is 35.5. The molecule has 1 heterocycles. The molecule has 1 aliphatic heterocycles. The van der Waals surface area contributed by atoms with E-state index in [1.165, 1.54) is 12.0 Å². The molecule has 0 bridgehead atoms. The van der Waals surface area contributed by atoms with Crippen LogP contribution < -0.4 is 9.46 Å². The van der Waals surface area contributed by atoms with Crippen molar-refractivity contribution in [1.29, 1.82) is 0 Å². The second-order valence-electron chi connectivity index (χ2n) is 9.42. The van der Waals surface area contributed by atoms with Gasteiger partial charge in [-0.2, -0.15) is 0 Å². The van der Waals surface area contributed by atoms with E-state index >= 15 is 0 Å². The monoisotopic (exact) mass is 492 g/mol. The lowest BCUT2D eigenvalue weighted by Gasteiger charge is -2.39. The number of nitrogens with zero attached hydrogens (tertiary/aromatic N) is 1. The highest BCUT2D eigenvalue weighted by Crippen LogP contribution is 2.42. The van der Waals surface area contributed by atoms with Crippen molar-refractivity contribution in [3.8, 4) is 5.75 Å². The van der Waals surface area contributed by atoms with Crippen LogP contribution >= 0.6 is 11.6 Å². The van der Waals surface area contributed by atoms with E-state index in [-0.39, 0.29) is 35.9 Å². The zero-order valence-electron chi connectivity index (χ0n) is 18.6. The van der Waals surface area contributed by atoms with Gasteiger partial charge < -0.3 is 4.74 Å². The fourth-order valence-electron chi connectivity index (χ4n) is 5.18. The normalized spacial score (nSPS) is 23.1. The van der Waals surface area contributed by atoms with Gasteiger partial charge in [-0.25, -0.2) is 17.5 Å². The summed E-state index contributed by atoms with van der Waals surface area (Å²) in [5.41, 5.74) is 3.33. The van der Waals surface area contributed by atoms with Crippen molar-refractivity contribution in [2.75, 3.05) is 26.2 Å². The zero-order chi connectivity index (χ0) is 23.0. The summed E-state index contributed by atoms with van der Waals surface area (Å²) in [5, 5.41) is 0.429. The summed E-state index contributed by atoms with van der Waals surface area (Å²) in [6, 6.07) is 11.7. The maximum atomic E-state index is 14.8. The Bertz CT molecular complexity index is 1120. The molecule has 0 spiro atoms. The van der Waals surface area contributed by atoms with E-state index in [1.807, 2.05) is 24.3 Å². The first-order valence-electron chi connectivity index (χ1n) is 11.8. The molecule has 2 unspecified atom stereocenters. The number of likely N-dealkylation sites (tertiary alicyclic amines) is 1. The van der Waals surface area contributed by atoms with Crippen molar-refractivity contribution < 1.29 is 17.5 Å². The average Bonchev–Trinajstić information content (AvgIpc) is 2.99. The third kappa shape index (κ3) is 4.92. The molecule has 5 nitrogen and oxygen atoms in total. The number of benzene rings is 2. The molecular weight excluding hydrogens is 463 g/mol. The number of hydrogen-bond acceptors (Lipinski definition) is 4. The summed E-state index contributed by atoms with van der Waals surface area (Å²) >= 11 is 6.22. The number of fused-ring (bicyclic) bond motifs is 1. The zero-order valence-corrected chi connectivity index (χ0v) is 20.2. The molecule has 1 saturated carbocycles.